The van der Waals surface area contributed by atoms with Crippen molar-refractivity contribution in [2.24, 2.45) is 10.7 Å². The van der Waals surface area contributed by atoms with Gasteiger partial charge in [-0.3, -0.25) is 4.79 Å². The van der Waals surface area contributed by atoms with Crippen LogP contribution in [0.15, 0.2) is 53.5 Å². The molecule has 4 N–H and O–H groups in total. The lowest BCUT2D eigenvalue weighted by Crippen LogP contribution is -2.22. The SMILES string of the molecule is CCCC(=O)Nc1ccc(CN=C(N)Nc2cccc(CC)c2)cc1.I. The summed E-state index contributed by atoms with van der Waals surface area (Å²) in [5.74, 6) is 0.421. The van der Waals surface area contributed by atoms with Crippen molar-refractivity contribution < 1.29 is 4.79 Å². The van der Waals surface area contributed by atoms with E-state index in [2.05, 4.69) is 34.7 Å². The van der Waals surface area contributed by atoms with Gasteiger partial charge in [0.05, 0.1) is 6.54 Å². The molecule has 26 heavy (non-hydrogen) atoms. The summed E-state index contributed by atoms with van der Waals surface area (Å²) >= 11 is 0. The van der Waals surface area contributed by atoms with E-state index in [-0.39, 0.29) is 29.9 Å². The largest absolute Gasteiger partial charge is 0.370 e. The zero-order valence-corrected chi connectivity index (χ0v) is 17.6. The van der Waals surface area contributed by atoms with Crippen molar-refractivity contribution in [3.63, 3.8) is 0 Å². The highest BCUT2D eigenvalue weighted by molar-refractivity contribution is 14.0. The first kappa shape index (κ1) is 22.0. The Balaban J connectivity index is 0.00000338. The lowest BCUT2D eigenvalue weighted by atomic mass is 10.1. The highest BCUT2D eigenvalue weighted by Gasteiger charge is 2.01. The van der Waals surface area contributed by atoms with E-state index in [0.29, 0.717) is 18.9 Å². The van der Waals surface area contributed by atoms with Crippen molar-refractivity contribution in [1.29, 1.82) is 0 Å². The highest BCUT2D eigenvalue weighted by atomic mass is 127. The van der Waals surface area contributed by atoms with Crippen molar-refractivity contribution in [2.45, 2.75) is 39.7 Å². The van der Waals surface area contributed by atoms with E-state index in [1.165, 1.54) is 5.56 Å². The van der Waals surface area contributed by atoms with Gasteiger partial charge in [0.25, 0.3) is 0 Å². The van der Waals surface area contributed by atoms with Crippen LogP contribution in [0.25, 0.3) is 0 Å². The lowest BCUT2D eigenvalue weighted by molar-refractivity contribution is -0.116. The Hall–Kier alpha value is -2.09. The number of nitrogens with zero attached hydrogens (tertiary/aromatic N) is 1. The minimum atomic E-state index is 0. The minimum absolute atomic E-state index is 0. The number of carbonyl (C=O) groups excluding carboxylic acids is 1. The summed E-state index contributed by atoms with van der Waals surface area (Å²) < 4.78 is 0. The molecule has 0 heterocycles. The monoisotopic (exact) mass is 466 g/mol. The summed E-state index contributed by atoms with van der Waals surface area (Å²) in [6.07, 6.45) is 2.35. The first-order chi connectivity index (χ1) is 12.1. The molecule has 2 aromatic carbocycles. The summed E-state index contributed by atoms with van der Waals surface area (Å²) in [6.45, 7) is 4.58. The van der Waals surface area contributed by atoms with Crippen LogP contribution in [0.5, 0.6) is 0 Å². The fourth-order valence-corrected chi connectivity index (χ4v) is 2.38. The van der Waals surface area contributed by atoms with Crippen LogP contribution in [-0.2, 0) is 17.8 Å². The molecule has 0 saturated heterocycles. The maximum Gasteiger partial charge on any atom is 0.224 e. The number of nitrogens with one attached hydrogen (secondary N) is 2. The van der Waals surface area contributed by atoms with Gasteiger partial charge in [0.15, 0.2) is 5.96 Å². The molecule has 0 bridgehead atoms. The molecule has 0 aliphatic rings. The van der Waals surface area contributed by atoms with Gasteiger partial charge in [-0.25, -0.2) is 4.99 Å². The zero-order chi connectivity index (χ0) is 18.1. The van der Waals surface area contributed by atoms with Crippen LogP contribution in [0.3, 0.4) is 0 Å². The van der Waals surface area contributed by atoms with Crippen LogP contribution in [0.4, 0.5) is 11.4 Å². The molecule has 0 aliphatic heterocycles. The van der Waals surface area contributed by atoms with Crippen LogP contribution < -0.4 is 16.4 Å². The molecule has 2 aromatic rings. The second-order valence-electron chi connectivity index (χ2n) is 5.88. The lowest BCUT2D eigenvalue weighted by Gasteiger charge is -2.08. The van der Waals surface area contributed by atoms with E-state index in [9.17, 15) is 4.79 Å². The van der Waals surface area contributed by atoms with Crippen LogP contribution in [-0.4, -0.2) is 11.9 Å². The summed E-state index contributed by atoms with van der Waals surface area (Å²) in [7, 11) is 0. The number of benzene rings is 2. The number of carbonyl (C=O) groups is 1. The number of anilines is 2. The molecule has 140 valence electrons. The van der Waals surface area contributed by atoms with E-state index in [1.54, 1.807) is 0 Å². The molecule has 0 unspecified atom stereocenters. The fraction of sp³-hybridized carbons (Fsp3) is 0.300. The molecule has 6 heteroatoms. The van der Waals surface area contributed by atoms with Gasteiger partial charge in [-0.15, -0.1) is 24.0 Å². The van der Waals surface area contributed by atoms with Crippen molar-refractivity contribution in [3.05, 3.63) is 59.7 Å². The van der Waals surface area contributed by atoms with Crippen molar-refractivity contribution in [1.82, 2.24) is 0 Å². The number of rotatable bonds is 7. The van der Waals surface area contributed by atoms with Gasteiger partial charge in [-0.05, 0) is 48.2 Å². The molecular formula is C20H27IN4O. The molecule has 0 spiro atoms. The topological polar surface area (TPSA) is 79.5 Å². The molecule has 0 fully saturated rings. The number of guanidine groups is 1. The number of hydrogen-bond donors (Lipinski definition) is 3. The molecule has 0 aliphatic carbocycles. The maximum absolute atomic E-state index is 11.6. The third-order valence-electron chi connectivity index (χ3n) is 3.75. The Morgan fingerprint density at radius 2 is 1.73 bits per heavy atom. The van der Waals surface area contributed by atoms with E-state index < -0.39 is 0 Å². The summed E-state index contributed by atoms with van der Waals surface area (Å²) in [5.41, 5.74) is 9.97. The predicted molar refractivity (Wildman–Crippen MR) is 120 cm³/mol. The van der Waals surface area contributed by atoms with Crippen molar-refractivity contribution >= 4 is 47.2 Å². The molecule has 1 amide bonds. The van der Waals surface area contributed by atoms with Crippen LogP contribution in [0.2, 0.25) is 0 Å². The first-order valence-corrected chi connectivity index (χ1v) is 8.65. The Morgan fingerprint density at radius 1 is 1.00 bits per heavy atom. The van der Waals surface area contributed by atoms with Gasteiger partial charge in [-0.2, -0.15) is 0 Å². The van der Waals surface area contributed by atoms with Crippen molar-refractivity contribution in [2.75, 3.05) is 10.6 Å². The summed E-state index contributed by atoms with van der Waals surface area (Å²) in [6, 6.07) is 15.8. The van der Waals surface area contributed by atoms with E-state index in [1.807, 2.05) is 43.3 Å². The quantitative estimate of drug-likeness (QED) is 0.319. The van der Waals surface area contributed by atoms with Gasteiger partial charge in [-0.1, -0.05) is 38.1 Å². The summed E-state index contributed by atoms with van der Waals surface area (Å²) in [5, 5.41) is 5.98. The molecule has 5 nitrogen and oxygen atoms in total. The molecule has 0 radical (unpaired) electrons. The van der Waals surface area contributed by atoms with Gasteiger partial charge in [0.2, 0.25) is 5.91 Å². The number of hydrogen-bond acceptors (Lipinski definition) is 2. The number of amides is 1. The molecule has 0 aromatic heterocycles. The standard InChI is InChI=1S/C20H26N4O.HI/c1-3-6-19(25)23-17-11-9-16(10-12-17)14-22-20(21)24-18-8-5-7-15(4-2)13-18;/h5,7-13H,3-4,6,14H2,1-2H3,(H,23,25)(H3,21,22,24);1H. The predicted octanol–water partition coefficient (Wildman–Crippen LogP) is 4.53. The van der Waals surface area contributed by atoms with Crippen LogP contribution in [0, 0.1) is 0 Å². The van der Waals surface area contributed by atoms with Gasteiger partial charge in [0, 0.05) is 17.8 Å². The third kappa shape index (κ3) is 7.43. The van der Waals surface area contributed by atoms with Gasteiger partial charge < -0.3 is 16.4 Å². The van der Waals surface area contributed by atoms with Crippen molar-refractivity contribution in [3.8, 4) is 0 Å². The average molecular weight is 466 g/mol. The number of aliphatic imine (C=N–C) groups is 1. The smallest absolute Gasteiger partial charge is 0.224 e. The molecular weight excluding hydrogens is 439 g/mol. The highest BCUT2D eigenvalue weighted by Crippen LogP contribution is 2.12. The average Bonchev–Trinajstić information content (AvgIpc) is 2.61. The second kappa shape index (κ2) is 11.5. The normalized spacial score (nSPS) is 10.8. The maximum atomic E-state index is 11.6. The zero-order valence-electron chi connectivity index (χ0n) is 15.3. The Labute approximate surface area is 172 Å². The molecule has 0 saturated carbocycles. The Kier molecular flexibility index (Phi) is 9.72. The fourth-order valence-electron chi connectivity index (χ4n) is 2.38. The number of halogens is 1. The summed E-state index contributed by atoms with van der Waals surface area (Å²) in [4.78, 5) is 15.9. The van der Waals surface area contributed by atoms with E-state index in [4.69, 9.17) is 5.73 Å². The Bertz CT molecular complexity index is 729. The second-order valence-corrected chi connectivity index (χ2v) is 5.88. The first-order valence-electron chi connectivity index (χ1n) is 8.65. The van der Waals surface area contributed by atoms with Crippen LogP contribution in [0.1, 0.15) is 37.8 Å². The number of nitrogens with two attached hydrogens (primary N) is 1. The van der Waals surface area contributed by atoms with E-state index >= 15 is 0 Å². The van der Waals surface area contributed by atoms with Crippen LogP contribution >= 0.6 is 24.0 Å². The minimum Gasteiger partial charge on any atom is -0.370 e. The van der Waals surface area contributed by atoms with Gasteiger partial charge >= 0.3 is 0 Å². The Morgan fingerprint density at radius 3 is 2.38 bits per heavy atom. The van der Waals surface area contributed by atoms with Gasteiger partial charge in [0.1, 0.15) is 0 Å². The molecule has 2 rings (SSSR count). The molecule has 0 atom stereocenters. The van der Waals surface area contributed by atoms with E-state index in [0.717, 1.165) is 29.8 Å². The number of aryl methyl sites for hydroxylation is 1. The third-order valence-corrected chi connectivity index (χ3v) is 3.75.